The second kappa shape index (κ2) is 8.00. The lowest BCUT2D eigenvalue weighted by molar-refractivity contribution is 0.168. The topological polar surface area (TPSA) is 110 Å². The zero-order valence-electron chi connectivity index (χ0n) is 12.9. The van der Waals surface area contributed by atoms with Crippen LogP contribution < -0.4 is 16.4 Å². The number of rotatable bonds is 6. The number of nitrogens with two attached hydrogens (primary N) is 1. The Kier molecular flexibility index (Phi) is 5.76. The molecule has 0 aliphatic heterocycles. The molecule has 0 spiro atoms. The van der Waals surface area contributed by atoms with Gasteiger partial charge in [-0.25, -0.2) is 9.78 Å². The highest BCUT2D eigenvalue weighted by molar-refractivity contribution is 5.88. The molecule has 0 unspecified atom stereocenters. The molecular formula is C16H20N4O3. The van der Waals surface area contributed by atoms with E-state index >= 15 is 0 Å². The van der Waals surface area contributed by atoms with Crippen molar-refractivity contribution in [1.29, 1.82) is 0 Å². The molecule has 0 atom stereocenters. The van der Waals surface area contributed by atoms with Crippen LogP contribution in [-0.2, 0) is 17.9 Å². The van der Waals surface area contributed by atoms with Gasteiger partial charge in [0.05, 0.1) is 18.9 Å². The van der Waals surface area contributed by atoms with E-state index < -0.39 is 6.09 Å². The maximum atomic E-state index is 11.4. The smallest absolute Gasteiger partial charge is 0.411 e. The number of carbonyl (C=O) groups excluding carboxylic acids is 1. The predicted molar refractivity (Wildman–Crippen MR) is 89.0 cm³/mol. The lowest BCUT2D eigenvalue weighted by Crippen LogP contribution is -2.15. The highest BCUT2D eigenvalue weighted by Crippen LogP contribution is 2.19. The van der Waals surface area contributed by atoms with E-state index in [2.05, 4.69) is 15.6 Å². The maximum absolute atomic E-state index is 11.4. The molecule has 2 aromatic rings. The number of carbonyl (C=O) groups is 1. The Morgan fingerprint density at radius 2 is 1.91 bits per heavy atom. The van der Waals surface area contributed by atoms with Crippen molar-refractivity contribution < 1.29 is 14.6 Å². The number of aromatic nitrogens is 1. The van der Waals surface area contributed by atoms with E-state index in [4.69, 9.17) is 15.6 Å². The highest BCUT2D eigenvalue weighted by atomic mass is 16.5. The van der Waals surface area contributed by atoms with E-state index in [1.807, 2.05) is 24.3 Å². The van der Waals surface area contributed by atoms with Crippen LogP contribution in [0.2, 0.25) is 0 Å². The van der Waals surface area contributed by atoms with Crippen LogP contribution in [0.25, 0.3) is 0 Å². The Balaban J connectivity index is 1.95. The first kappa shape index (κ1) is 16.6. The molecule has 1 aromatic heterocycles. The number of hydrogen-bond acceptors (Lipinski definition) is 6. The normalized spacial score (nSPS) is 10.2. The summed E-state index contributed by atoms with van der Waals surface area (Å²) in [6.45, 7) is 2.61. The summed E-state index contributed by atoms with van der Waals surface area (Å²) in [5.41, 5.74) is 8.15. The van der Waals surface area contributed by atoms with Gasteiger partial charge < -0.3 is 20.9 Å². The van der Waals surface area contributed by atoms with Crippen molar-refractivity contribution in [3.63, 3.8) is 0 Å². The number of aliphatic hydroxyl groups is 1. The molecule has 0 radical (unpaired) electrons. The third-order valence-corrected chi connectivity index (χ3v) is 3.12. The first-order valence-corrected chi connectivity index (χ1v) is 7.25. The Labute approximate surface area is 134 Å². The molecule has 0 bridgehead atoms. The Bertz CT molecular complexity index is 659. The van der Waals surface area contributed by atoms with Crippen LogP contribution in [0.4, 0.5) is 22.1 Å². The molecule has 23 heavy (non-hydrogen) atoms. The second-order valence-electron chi connectivity index (χ2n) is 4.80. The molecule has 0 aliphatic carbocycles. The standard InChI is InChI=1S/C16H20N4O3/c1-2-23-16(22)19-13-7-8-14(20-15(13)17)18-9-11-3-5-12(10-21)6-4-11/h3-8,21H,2,9-10H2,1H3,(H,19,22)(H3,17,18,20). The molecule has 7 nitrogen and oxygen atoms in total. The number of hydrogen-bond donors (Lipinski definition) is 4. The largest absolute Gasteiger partial charge is 0.450 e. The molecule has 1 amide bonds. The molecule has 122 valence electrons. The van der Waals surface area contributed by atoms with Crippen LogP contribution in [0.5, 0.6) is 0 Å². The first-order chi connectivity index (χ1) is 11.1. The average molecular weight is 316 g/mol. The van der Waals surface area contributed by atoms with Gasteiger partial charge in [-0.3, -0.25) is 5.32 Å². The van der Waals surface area contributed by atoms with Crippen molar-refractivity contribution in [2.45, 2.75) is 20.1 Å². The van der Waals surface area contributed by atoms with E-state index in [9.17, 15) is 4.79 Å². The number of ether oxygens (including phenoxy) is 1. The van der Waals surface area contributed by atoms with E-state index in [0.29, 0.717) is 18.1 Å². The number of nitrogens with zero attached hydrogens (tertiary/aromatic N) is 1. The quantitative estimate of drug-likeness (QED) is 0.651. The molecule has 1 aromatic carbocycles. The summed E-state index contributed by atoms with van der Waals surface area (Å²) in [4.78, 5) is 15.6. The molecule has 7 heteroatoms. The molecule has 5 N–H and O–H groups in total. The third kappa shape index (κ3) is 4.86. The number of aliphatic hydroxyl groups excluding tert-OH is 1. The molecule has 0 saturated carbocycles. The van der Waals surface area contributed by atoms with Gasteiger partial charge in [0.2, 0.25) is 0 Å². The van der Waals surface area contributed by atoms with Crippen molar-refractivity contribution in [2.24, 2.45) is 0 Å². The van der Waals surface area contributed by atoms with Gasteiger partial charge in [0.25, 0.3) is 0 Å². The van der Waals surface area contributed by atoms with E-state index in [1.165, 1.54) is 0 Å². The number of pyridine rings is 1. The van der Waals surface area contributed by atoms with Crippen LogP contribution in [0.3, 0.4) is 0 Å². The maximum Gasteiger partial charge on any atom is 0.411 e. The molecular weight excluding hydrogens is 296 g/mol. The summed E-state index contributed by atoms with van der Waals surface area (Å²) in [5, 5.41) is 14.7. The average Bonchev–Trinajstić information content (AvgIpc) is 2.56. The van der Waals surface area contributed by atoms with E-state index in [0.717, 1.165) is 11.1 Å². The number of nitrogen functional groups attached to an aromatic ring is 1. The van der Waals surface area contributed by atoms with Crippen LogP contribution in [0.1, 0.15) is 18.1 Å². The minimum Gasteiger partial charge on any atom is -0.450 e. The number of amides is 1. The zero-order chi connectivity index (χ0) is 16.7. The monoisotopic (exact) mass is 316 g/mol. The van der Waals surface area contributed by atoms with Crippen LogP contribution in [-0.4, -0.2) is 22.8 Å². The summed E-state index contributed by atoms with van der Waals surface area (Å²) in [7, 11) is 0. The summed E-state index contributed by atoms with van der Waals surface area (Å²) in [5.74, 6) is 0.807. The predicted octanol–water partition coefficient (Wildman–Crippen LogP) is 2.34. The lowest BCUT2D eigenvalue weighted by atomic mass is 10.1. The molecule has 0 saturated heterocycles. The zero-order valence-corrected chi connectivity index (χ0v) is 12.9. The second-order valence-corrected chi connectivity index (χ2v) is 4.80. The summed E-state index contributed by atoms with van der Waals surface area (Å²) in [6, 6.07) is 11.0. The minimum atomic E-state index is -0.564. The first-order valence-electron chi connectivity index (χ1n) is 7.25. The van der Waals surface area contributed by atoms with Gasteiger partial charge in [-0.1, -0.05) is 24.3 Å². The molecule has 0 fully saturated rings. The molecule has 2 rings (SSSR count). The fourth-order valence-electron chi connectivity index (χ4n) is 1.91. The van der Waals surface area contributed by atoms with Crippen molar-refractivity contribution in [1.82, 2.24) is 4.98 Å². The SMILES string of the molecule is CCOC(=O)Nc1ccc(NCc2ccc(CO)cc2)nc1N. The van der Waals surface area contributed by atoms with Crippen molar-refractivity contribution in [3.05, 3.63) is 47.5 Å². The van der Waals surface area contributed by atoms with Gasteiger partial charge in [-0.2, -0.15) is 0 Å². The summed E-state index contributed by atoms with van der Waals surface area (Å²) < 4.78 is 4.79. The fraction of sp³-hybridized carbons (Fsp3) is 0.250. The molecule has 1 heterocycles. The van der Waals surface area contributed by atoms with Crippen molar-refractivity contribution in [3.8, 4) is 0 Å². The van der Waals surface area contributed by atoms with E-state index in [-0.39, 0.29) is 19.0 Å². The van der Waals surface area contributed by atoms with Gasteiger partial charge in [-0.15, -0.1) is 0 Å². The van der Waals surface area contributed by atoms with Crippen LogP contribution in [0, 0.1) is 0 Å². The Morgan fingerprint density at radius 3 is 2.52 bits per heavy atom. The summed E-state index contributed by atoms with van der Waals surface area (Å²) >= 11 is 0. The molecule has 0 aliphatic rings. The third-order valence-electron chi connectivity index (χ3n) is 3.12. The van der Waals surface area contributed by atoms with Gasteiger partial charge in [0, 0.05) is 6.54 Å². The van der Waals surface area contributed by atoms with Gasteiger partial charge >= 0.3 is 6.09 Å². The van der Waals surface area contributed by atoms with Gasteiger partial charge in [0.15, 0.2) is 0 Å². The van der Waals surface area contributed by atoms with Crippen molar-refractivity contribution in [2.75, 3.05) is 23.0 Å². The van der Waals surface area contributed by atoms with Gasteiger partial charge in [-0.05, 0) is 30.2 Å². The van der Waals surface area contributed by atoms with Gasteiger partial charge in [0.1, 0.15) is 11.6 Å². The number of anilines is 3. The number of benzene rings is 1. The van der Waals surface area contributed by atoms with Crippen LogP contribution >= 0.6 is 0 Å². The van der Waals surface area contributed by atoms with Crippen LogP contribution in [0.15, 0.2) is 36.4 Å². The Morgan fingerprint density at radius 1 is 1.22 bits per heavy atom. The highest BCUT2D eigenvalue weighted by Gasteiger charge is 2.07. The Hall–Kier alpha value is -2.80. The lowest BCUT2D eigenvalue weighted by Gasteiger charge is -2.10. The fourth-order valence-corrected chi connectivity index (χ4v) is 1.91. The number of nitrogens with one attached hydrogen (secondary N) is 2. The van der Waals surface area contributed by atoms with E-state index in [1.54, 1.807) is 19.1 Å². The van der Waals surface area contributed by atoms with Crippen molar-refractivity contribution >= 4 is 23.4 Å². The summed E-state index contributed by atoms with van der Waals surface area (Å²) in [6.07, 6.45) is -0.564. The minimum absolute atomic E-state index is 0.0285.